The van der Waals surface area contributed by atoms with Gasteiger partial charge in [-0.05, 0) is 42.9 Å². The van der Waals surface area contributed by atoms with E-state index in [0.29, 0.717) is 18.5 Å². The standard InChI is InChI=1S/C23H27N3O3/c1-16(2)18-11-7-8-12-19(18)24-20(27)15-26-21(28)23(3,25-22(26)29)14-13-17-9-5-4-6-10-17/h4-12,16H,13-15H2,1-3H3,(H,24,27)(H,25,29)/t23-/m1/s1. The van der Waals surface area contributed by atoms with Crippen molar-refractivity contribution < 1.29 is 14.4 Å². The minimum absolute atomic E-state index is 0.240. The molecule has 0 bridgehead atoms. The van der Waals surface area contributed by atoms with Crippen molar-refractivity contribution in [2.24, 2.45) is 0 Å². The highest BCUT2D eigenvalue weighted by Gasteiger charge is 2.47. The van der Waals surface area contributed by atoms with Gasteiger partial charge in [0.25, 0.3) is 5.91 Å². The van der Waals surface area contributed by atoms with Crippen LogP contribution in [0.25, 0.3) is 0 Å². The number of imide groups is 1. The third-order valence-corrected chi connectivity index (χ3v) is 5.26. The third kappa shape index (κ3) is 4.65. The summed E-state index contributed by atoms with van der Waals surface area (Å²) in [5.74, 6) is -0.524. The largest absolute Gasteiger partial charge is 0.325 e. The van der Waals surface area contributed by atoms with Crippen molar-refractivity contribution in [1.82, 2.24) is 10.2 Å². The molecular formula is C23H27N3O3. The van der Waals surface area contributed by atoms with Gasteiger partial charge in [0.15, 0.2) is 0 Å². The van der Waals surface area contributed by atoms with E-state index in [1.165, 1.54) is 0 Å². The van der Waals surface area contributed by atoms with Crippen LogP contribution in [0.5, 0.6) is 0 Å². The van der Waals surface area contributed by atoms with Gasteiger partial charge in [-0.3, -0.25) is 14.5 Å². The summed E-state index contributed by atoms with van der Waals surface area (Å²) in [6.07, 6.45) is 1.13. The second kappa shape index (κ2) is 8.47. The van der Waals surface area contributed by atoms with E-state index in [2.05, 4.69) is 10.6 Å². The molecule has 0 aromatic heterocycles. The van der Waals surface area contributed by atoms with Crippen molar-refractivity contribution in [2.45, 2.75) is 45.1 Å². The third-order valence-electron chi connectivity index (χ3n) is 5.26. The lowest BCUT2D eigenvalue weighted by atomic mass is 9.93. The van der Waals surface area contributed by atoms with Gasteiger partial charge in [-0.25, -0.2) is 4.79 Å². The molecule has 1 aliphatic heterocycles. The lowest BCUT2D eigenvalue weighted by Crippen LogP contribution is -2.45. The molecule has 29 heavy (non-hydrogen) atoms. The van der Waals surface area contributed by atoms with Gasteiger partial charge in [-0.1, -0.05) is 62.4 Å². The first-order valence-electron chi connectivity index (χ1n) is 9.87. The minimum atomic E-state index is -1.01. The van der Waals surface area contributed by atoms with E-state index in [0.717, 1.165) is 16.0 Å². The maximum Gasteiger partial charge on any atom is 0.325 e. The highest BCUT2D eigenvalue weighted by Crippen LogP contribution is 2.25. The van der Waals surface area contributed by atoms with Crippen LogP contribution in [0, 0.1) is 0 Å². The molecule has 1 aliphatic rings. The van der Waals surface area contributed by atoms with Crippen LogP contribution >= 0.6 is 0 Å². The van der Waals surface area contributed by atoms with E-state index in [-0.39, 0.29) is 18.4 Å². The van der Waals surface area contributed by atoms with E-state index in [4.69, 9.17) is 0 Å². The number of hydrogen-bond donors (Lipinski definition) is 2. The predicted molar refractivity (Wildman–Crippen MR) is 113 cm³/mol. The zero-order valence-electron chi connectivity index (χ0n) is 17.1. The summed E-state index contributed by atoms with van der Waals surface area (Å²) in [5, 5.41) is 5.59. The number of aryl methyl sites for hydroxylation is 1. The van der Waals surface area contributed by atoms with Gasteiger partial charge in [0.1, 0.15) is 12.1 Å². The number of amides is 4. The zero-order chi connectivity index (χ0) is 21.0. The smallest absolute Gasteiger partial charge is 0.324 e. The minimum Gasteiger partial charge on any atom is -0.324 e. The Morgan fingerprint density at radius 3 is 2.41 bits per heavy atom. The van der Waals surface area contributed by atoms with Crippen LogP contribution in [0.1, 0.15) is 44.2 Å². The van der Waals surface area contributed by atoms with Crippen molar-refractivity contribution in [1.29, 1.82) is 0 Å². The SMILES string of the molecule is CC(C)c1ccccc1NC(=O)CN1C(=O)N[C@](C)(CCc2ccccc2)C1=O. The fraction of sp³-hybridized carbons (Fsp3) is 0.348. The first-order chi connectivity index (χ1) is 13.8. The number of nitrogens with one attached hydrogen (secondary N) is 2. The molecule has 3 rings (SSSR count). The average molecular weight is 393 g/mol. The van der Waals surface area contributed by atoms with Crippen LogP contribution in [0.4, 0.5) is 10.5 Å². The van der Waals surface area contributed by atoms with Gasteiger partial charge >= 0.3 is 6.03 Å². The highest BCUT2D eigenvalue weighted by atomic mass is 16.2. The Balaban J connectivity index is 1.64. The van der Waals surface area contributed by atoms with Crippen molar-refractivity contribution in [3.63, 3.8) is 0 Å². The van der Waals surface area contributed by atoms with Crippen LogP contribution in [-0.2, 0) is 16.0 Å². The second-order valence-corrected chi connectivity index (χ2v) is 7.93. The Morgan fingerprint density at radius 2 is 1.72 bits per heavy atom. The molecular weight excluding hydrogens is 366 g/mol. The first-order valence-corrected chi connectivity index (χ1v) is 9.87. The molecule has 6 heteroatoms. The number of benzene rings is 2. The number of carbonyl (C=O) groups excluding carboxylic acids is 3. The monoisotopic (exact) mass is 393 g/mol. The Kier molecular flexibility index (Phi) is 6.01. The Morgan fingerprint density at radius 1 is 1.07 bits per heavy atom. The number of hydrogen-bond acceptors (Lipinski definition) is 3. The van der Waals surface area contributed by atoms with Crippen LogP contribution in [0.3, 0.4) is 0 Å². The summed E-state index contributed by atoms with van der Waals surface area (Å²) in [7, 11) is 0. The fourth-order valence-electron chi connectivity index (χ4n) is 3.55. The Bertz CT molecular complexity index is 911. The van der Waals surface area contributed by atoms with Gasteiger partial charge in [0.2, 0.25) is 5.91 Å². The lowest BCUT2D eigenvalue weighted by Gasteiger charge is -2.21. The molecule has 1 atom stereocenters. The van der Waals surface area contributed by atoms with E-state index in [1.807, 2.05) is 68.4 Å². The molecule has 1 saturated heterocycles. The van der Waals surface area contributed by atoms with Crippen LogP contribution in [-0.4, -0.2) is 34.8 Å². The quantitative estimate of drug-likeness (QED) is 0.704. The van der Waals surface area contributed by atoms with Crippen molar-refractivity contribution in [2.75, 3.05) is 11.9 Å². The summed E-state index contributed by atoms with van der Waals surface area (Å²) in [6.45, 7) is 5.49. The van der Waals surface area contributed by atoms with E-state index in [1.54, 1.807) is 6.92 Å². The summed E-state index contributed by atoms with van der Waals surface area (Å²) in [5.41, 5.74) is 1.79. The van der Waals surface area contributed by atoms with E-state index in [9.17, 15) is 14.4 Å². The zero-order valence-corrected chi connectivity index (χ0v) is 17.1. The number of nitrogens with zero attached hydrogens (tertiary/aromatic N) is 1. The molecule has 0 radical (unpaired) electrons. The Labute approximate surface area is 171 Å². The predicted octanol–water partition coefficient (Wildman–Crippen LogP) is 3.69. The number of para-hydroxylation sites is 1. The number of anilines is 1. The van der Waals surface area contributed by atoms with Gasteiger partial charge in [-0.15, -0.1) is 0 Å². The topological polar surface area (TPSA) is 78.5 Å². The van der Waals surface area contributed by atoms with Crippen molar-refractivity contribution in [3.05, 3.63) is 65.7 Å². The van der Waals surface area contributed by atoms with Crippen molar-refractivity contribution >= 4 is 23.5 Å². The number of carbonyl (C=O) groups is 3. The maximum atomic E-state index is 12.9. The van der Waals surface area contributed by atoms with E-state index < -0.39 is 17.5 Å². The van der Waals surface area contributed by atoms with Crippen LogP contribution in [0.2, 0.25) is 0 Å². The highest BCUT2D eigenvalue weighted by molar-refractivity contribution is 6.10. The molecule has 2 aromatic carbocycles. The molecule has 1 heterocycles. The fourth-order valence-corrected chi connectivity index (χ4v) is 3.55. The lowest BCUT2D eigenvalue weighted by molar-refractivity contribution is -0.133. The van der Waals surface area contributed by atoms with Crippen molar-refractivity contribution in [3.8, 4) is 0 Å². The summed E-state index contributed by atoms with van der Waals surface area (Å²) in [6, 6.07) is 16.8. The Hall–Kier alpha value is -3.15. The molecule has 0 aliphatic carbocycles. The molecule has 2 aromatic rings. The maximum absolute atomic E-state index is 12.9. The van der Waals surface area contributed by atoms with Crippen LogP contribution in [0.15, 0.2) is 54.6 Å². The normalized spacial score (nSPS) is 18.8. The molecule has 152 valence electrons. The van der Waals surface area contributed by atoms with Gasteiger partial charge < -0.3 is 10.6 Å². The first kappa shape index (κ1) is 20.6. The summed E-state index contributed by atoms with van der Waals surface area (Å²) >= 11 is 0. The molecule has 6 nitrogen and oxygen atoms in total. The molecule has 0 saturated carbocycles. The van der Waals surface area contributed by atoms with Crippen LogP contribution < -0.4 is 10.6 Å². The summed E-state index contributed by atoms with van der Waals surface area (Å²) < 4.78 is 0. The van der Waals surface area contributed by atoms with Gasteiger partial charge in [-0.2, -0.15) is 0 Å². The summed E-state index contributed by atoms with van der Waals surface area (Å²) in [4.78, 5) is 38.8. The van der Waals surface area contributed by atoms with E-state index >= 15 is 0 Å². The second-order valence-electron chi connectivity index (χ2n) is 7.93. The van der Waals surface area contributed by atoms with Gasteiger partial charge in [0, 0.05) is 5.69 Å². The molecule has 0 spiro atoms. The molecule has 2 N–H and O–H groups in total. The molecule has 4 amide bonds. The molecule has 1 fully saturated rings. The van der Waals surface area contributed by atoms with Gasteiger partial charge in [0.05, 0.1) is 0 Å². The number of rotatable bonds is 7. The average Bonchev–Trinajstić information content (AvgIpc) is 2.91. The number of urea groups is 1. The molecule has 0 unspecified atom stereocenters.